The third-order valence-electron chi connectivity index (χ3n) is 1.73. The van der Waals surface area contributed by atoms with Crippen LogP contribution in [-0.2, 0) is 4.79 Å². The van der Waals surface area contributed by atoms with Crippen LogP contribution in [0.5, 0.6) is 0 Å². The van der Waals surface area contributed by atoms with Gasteiger partial charge in [0.2, 0.25) is 0 Å². The Balaban J connectivity index is 2.66. The molecule has 74 valence electrons. The van der Waals surface area contributed by atoms with Crippen molar-refractivity contribution < 1.29 is 9.90 Å². The molecule has 0 radical (unpaired) electrons. The number of thioether (sulfide) groups is 1. The van der Waals surface area contributed by atoms with E-state index < -0.39 is 5.97 Å². The van der Waals surface area contributed by atoms with Gasteiger partial charge < -0.3 is 5.11 Å². The highest BCUT2D eigenvalue weighted by Crippen LogP contribution is 2.20. The summed E-state index contributed by atoms with van der Waals surface area (Å²) in [6, 6.07) is 7.97. The Morgan fingerprint density at radius 3 is 2.43 bits per heavy atom. The van der Waals surface area contributed by atoms with Crippen LogP contribution >= 0.6 is 11.8 Å². The van der Waals surface area contributed by atoms with E-state index in [4.69, 9.17) is 5.11 Å². The minimum atomic E-state index is -0.871. The topological polar surface area (TPSA) is 37.3 Å². The predicted octanol–water partition coefficient (Wildman–Crippen LogP) is 3.08. The van der Waals surface area contributed by atoms with E-state index in [2.05, 4.69) is 0 Å². The van der Waals surface area contributed by atoms with E-state index in [1.165, 1.54) is 17.3 Å². The zero-order valence-electron chi connectivity index (χ0n) is 8.15. The molecule has 0 fully saturated rings. The molecular formula is C11H12O2S. The molecule has 0 aromatic heterocycles. The minimum absolute atomic E-state index is 0.357. The van der Waals surface area contributed by atoms with Gasteiger partial charge in [-0.15, -0.1) is 0 Å². The van der Waals surface area contributed by atoms with E-state index in [0.29, 0.717) is 5.57 Å². The molecule has 0 aliphatic rings. The summed E-state index contributed by atoms with van der Waals surface area (Å²) in [7, 11) is 0. The van der Waals surface area contributed by atoms with Gasteiger partial charge in [-0.05, 0) is 31.4 Å². The third kappa shape index (κ3) is 3.26. The smallest absolute Gasteiger partial charge is 0.331 e. The number of rotatable bonds is 3. The highest BCUT2D eigenvalue weighted by molar-refractivity contribution is 8.02. The first-order valence-corrected chi connectivity index (χ1v) is 5.11. The Morgan fingerprint density at radius 1 is 1.36 bits per heavy atom. The van der Waals surface area contributed by atoms with Crippen molar-refractivity contribution in [2.75, 3.05) is 0 Å². The van der Waals surface area contributed by atoms with Crippen molar-refractivity contribution in [2.24, 2.45) is 0 Å². The number of carbonyl (C=O) groups is 1. The van der Waals surface area contributed by atoms with Crippen molar-refractivity contribution in [3.63, 3.8) is 0 Å². The number of carboxylic acids is 1. The highest BCUT2D eigenvalue weighted by atomic mass is 32.2. The van der Waals surface area contributed by atoms with Crippen LogP contribution in [0.1, 0.15) is 12.5 Å². The summed E-state index contributed by atoms with van der Waals surface area (Å²) in [6.45, 7) is 3.61. The molecule has 1 rings (SSSR count). The molecule has 0 saturated heterocycles. The molecule has 0 unspecified atom stereocenters. The molecule has 2 nitrogen and oxygen atoms in total. The Labute approximate surface area is 87.6 Å². The van der Waals surface area contributed by atoms with Gasteiger partial charge in [-0.3, -0.25) is 0 Å². The lowest BCUT2D eigenvalue weighted by atomic mass is 10.2. The fraction of sp³-hybridized carbons (Fsp3) is 0.182. The largest absolute Gasteiger partial charge is 0.478 e. The van der Waals surface area contributed by atoms with Crippen LogP contribution < -0.4 is 0 Å². The lowest BCUT2D eigenvalue weighted by Crippen LogP contribution is -1.94. The van der Waals surface area contributed by atoms with Crippen molar-refractivity contribution >= 4 is 17.7 Å². The normalized spacial score (nSPS) is 11.4. The van der Waals surface area contributed by atoms with Crippen molar-refractivity contribution in [1.29, 1.82) is 0 Å². The minimum Gasteiger partial charge on any atom is -0.478 e. The Morgan fingerprint density at radius 2 is 1.93 bits per heavy atom. The second-order valence-corrected chi connectivity index (χ2v) is 3.98. The molecule has 14 heavy (non-hydrogen) atoms. The molecule has 1 aromatic rings. The molecule has 0 aliphatic carbocycles. The monoisotopic (exact) mass is 208 g/mol. The molecule has 3 heteroatoms. The highest BCUT2D eigenvalue weighted by Gasteiger charge is 1.99. The van der Waals surface area contributed by atoms with E-state index in [1.54, 1.807) is 12.3 Å². The van der Waals surface area contributed by atoms with Gasteiger partial charge >= 0.3 is 5.97 Å². The molecule has 1 N–H and O–H groups in total. The van der Waals surface area contributed by atoms with Gasteiger partial charge in [0.1, 0.15) is 0 Å². The number of hydrogen-bond acceptors (Lipinski definition) is 2. The summed E-state index contributed by atoms with van der Waals surface area (Å²) in [5.41, 5.74) is 1.56. The summed E-state index contributed by atoms with van der Waals surface area (Å²) >= 11 is 1.42. The molecule has 0 atom stereocenters. The zero-order chi connectivity index (χ0) is 10.6. The Bertz CT molecular complexity index is 352. The van der Waals surface area contributed by atoms with Crippen LogP contribution in [0.2, 0.25) is 0 Å². The van der Waals surface area contributed by atoms with Crippen molar-refractivity contribution in [2.45, 2.75) is 18.7 Å². The summed E-state index contributed by atoms with van der Waals surface area (Å²) < 4.78 is 0. The fourth-order valence-electron chi connectivity index (χ4n) is 0.824. The molecule has 0 amide bonds. The fourth-order valence-corrected chi connectivity index (χ4v) is 1.53. The summed E-state index contributed by atoms with van der Waals surface area (Å²) in [5, 5.41) is 10.3. The van der Waals surface area contributed by atoms with Gasteiger partial charge in [-0.2, -0.15) is 0 Å². The second-order valence-electron chi connectivity index (χ2n) is 3.04. The molecule has 0 saturated carbocycles. The van der Waals surface area contributed by atoms with Crippen LogP contribution in [0.4, 0.5) is 0 Å². The number of carboxylic acid groups (broad SMARTS) is 1. The quantitative estimate of drug-likeness (QED) is 0.612. The van der Waals surface area contributed by atoms with Gasteiger partial charge in [0.05, 0.1) is 0 Å². The standard InChI is InChI=1S/C11H12O2S/c1-8-3-5-10(6-4-8)14-7-9(2)11(12)13/h3-7H,1-2H3,(H,12,13). The number of aliphatic carboxylic acids is 1. The van der Waals surface area contributed by atoms with Crippen LogP contribution in [-0.4, -0.2) is 11.1 Å². The van der Waals surface area contributed by atoms with Crippen LogP contribution in [0.3, 0.4) is 0 Å². The lowest BCUT2D eigenvalue weighted by Gasteiger charge is -1.97. The third-order valence-corrected chi connectivity index (χ3v) is 2.75. The number of hydrogen-bond donors (Lipinski definition) is 1. The average molecular weight is 208 g/mol. The van der Waals surface area contributed by atoms with Gasteiger partial charge in [0, 0.05) is 10.5 Å². The first-order chi connectivity index (χ1) is 6.59. The molecule has 1 aromatic carbocycles. The van der Waals surface area contributed by atoms with Crippen molar-refractivity contribution in [3.05, 3.63) is 40.8 Å². The van der Waals surface area contributed by atoms with E-state index in [-0.39, 0.29) is 0 Å². The summed E-state index contributed by atoms with van der Waals surface area (Å²) in [6.07, 6.45) is 0. The maximum atomic E-state index is 10.5. The summed E-state index contributed by atoms with van der Waals surface area (Å²) in [5.74, 6) is -0.871. The van der Waals surface area contributed by atoms with E-state index in [1.807, 2.05) is 31.2 Å². The maximum absolute atomic E-state index is 10.5. The van der Waals surface area contributed by atoms with Gasteiger partial charge in [-0.25, -0.2) is 4.79 Å². The predicted molar refractivity (Wildman–Crippen MR) is 58.4 cm³/mol. The first kappa shape index (κ1) is 10.9. The van der Waals surface area contributed by atoms with Gasteiger partial charge in [0.25, 0.3) is 0 Å². The first-order valence-electron chi connectivity index (χ1n) is 4.23. The van der Waals surface area contributed by atoms with Crippen LogP contribution in [0.15, 0.2) is 40.1 Å². The average Bonchev–Trinajstić information content (AvgIpc) is 2.16. The molecule has 0 spiro atoms. The van der Waals surface area contributed by atoms with Gasteiger partial charge in [0.15, 0.2) is 0 Å². The molecule has 0 heterocycles. The molecule has 0 aliphatic heterocycles. The summed E-state index contributed by atoms with van der Waals surface area (Å²) in [4.78, 5) is 11.5. The SMILES string of the molecule is CC(=CSc1ccc(C)cc1)C(=O)O. The Kier molecular flexibility index (Phi) is 3.77. The number of benzene rings is 1. The van der Waals surface area contributed by atoms with Gasteiger partial charge in [-0.1, -0.05) is 29.5 Å². The second kappa shape index (κ2) is 4.86. The van der Waals surface area contributed by atoms with E-state index >= 15 is 0 Å². The molecule has 0 bridgehead atoms. The zero-order valence-corrected chi connectivity index (χ0v) is 8.97. The van der Waals surface area contributed by atoms with Crippen molar-refractivity contribution in [1.82, 2.24) is 0 Å². The van der Waals surface area contributed by atoms with E-state index in [9.17, 15) is 4.79 Å². The van der Waals surface area contributed by atoms with Crippen LogP contribution in [0, 0.1) is 6.92 Å². The van der Waals surface area contributed by atoms with Crippen molar-refractivity contribution in [3.8, 4) is 0 Å². The Hall–Kier alpha value is -1.22. The van der Waals surface area contributed by atoms with E-state index in [0.717, 1.165) is 4.90 Å². The van der Waals surface area contributed by atoms with Crippen LogP contribution in [0.25, 0.3) is 0 Å². The number of aryl methyl sites for hydroxylation is 1. The maximum Gasteiger partial charge on any atom is 0.331 e. The lowest BCUT2D eigenvalue weighted by molar-refractivity contribution is -0.132. The molecular weight excluding hydrogens is 196 g/mol.